The number of ether oxygens (including phenoxy) is 1. The second-order valence-electron chi connectivity index (χ2n) is 5.26. The van der Waals surface area contributed by atoms with Crippen LogP contribution in [0.25, 0.3) is 0 Å². The standard InChI is InChI=1S/C17H34O5Si/c1-6-11-12-13-16(14-15-19-17(18)7-2)23(20-8-3,21-9-4)22-10-5/h7,16H,2,6,8-15H2,1,3-5H3. The molecule has 0 saturated carbocycles. The van der Waals surface area contributed by atoms with Crippen LogP contribution in [0.5, 0.6) is 0 Å². The summed E-state index contributed by atoms with van der Waals surface area (Å²) in [6, 6.07) is 0. The quantitative estimate of drug-likeness (QED) is 0.193. The Bertz CT molecular complexity index is 305. The van der Waals surface area contributed by atoms with Crippen LogP contribution in [0.2, 0.25) is 5.54 Å². The number of esters is 1. The van der Waals surface area contributed by atoms with Crippen LogP contribution in [0.3, 0.4) is 0 Å². The molecule has 1 unspecified atom stereocenters. The summed E-state index contributed by atoms with van der Waals surface area (Å²) < 4.78 is 23.2. The fraction of sp³-hybridized carbons (Fsp3) is 0.824. The Labute approximate surface area is 142 Å². The topological polar surface area (TPSA) is 54.0 Å². The van der Waals surface area contributed by atoms with E-state index in [9.17, 15) is 4.79 Å². The van der Waals surface area contributed by atoms with E-state index in [1.165, 1.54) is 6.08 Å². The van der Waals surface area contributed by atoms with Gasteiger partial charge in [-0.1, -0.05) is 32.8 Å². The van der Waals surface area contributed by atoms with E-state index in [-0.39, 0.29) is 5.54 Å². The van der Waals surface area contributed by atoms with Gasteiger partial charge in [-0.15, -0.1) is 0 Å². The van der Waals surface area contributed by atoms with Gasteiger partial charge in [-0.25, -0.2) is 4.79 Å². The van der Waals surface area contributed by atoms with E-state index in [0.29, 0.717) is 32.8 Å². The first-order chi connectivity index (χ1) is 11.1. The maximum atomic E-state index is 11.3. The van der Waals surface area contributed by atoms with Crippen molar-refractivity contribution in [2.75, 3.05) is 26.4 Å². The van der Waals surface area contributed by atoms with Gasteiger partial charge in [0, 0.05) is 31.4 Å². The molecule has 23 heavy (non-hydrogen) atoms. The Morgan fingerprint density at radius 2 is 1.57 bits per heavy atom. The van der Waals surface area contributed by atoms with Crippen molar-refractivity contribution in [1.82, 2.24) is 0 Å². The average Bonchev–Trinajstić information content (AvgIpc) is 2.54. The summed E-state index contributed by atoms with van der Waals surface area (Å²) in [4.78, 5) is 11.3. The molecule has 0 N–H and O–H groups in total. The molecule has 0 aromatic rings. The second kappa shape index (κ2) is 13.7. The largest absolute Gasteiger partial charge is 0.504 e. The van der Waals surface area contributed by atoms with Gasteiger partial charge in [0.1, 0.15) is 0 Å². The van der Waals surface area contributed by atoms with E-state index in [0.717, 1.165) is 25.7 Å². The van der Waals surface area contributed by atoms with Crippen LogP contribution in [0.15, 0.2) is 12.7 Å². The third kappa shape index (κ3) is 8.65. The molecule has 1 atom stereocenters. The Balaban J connectivity index is 5.01. The van der Waals surface area contributed by atoms with E-state index >= 15 is 0 Å². The number of unbranched alkanes of at least 4 members (excludes halogenated alkanes) is 2. The fourth-order valence-corrected chi connectivity index (χ4v) is 5.77. The minimum Gasteiger partial charge on any atom is -0.463 e. The highest BCUT2D eigenvalue weighted by molar-refractivity contribution is 6.62. The molecule has 6 heteroatoms. The Hall–Kier alpha value is -0.693. The maximum Gasteiger partial charge on any atom is 0.504 e. The lowest BCUT2D eigenvalue weighted by Gasteiger charge is -2.35. The van der Waals surface area contributed by atoms with Crippen LogP contribution >= 0.6 is 0 Å². The summed E-state index contributed by atoms with van der Waals surface area (Å²) in [5.41, 5.74) is 0.145. The molecular formula is C17H34O5Si. The zero-order chi connectivity index (χ0) is 17.6. The Morgan fingerprint density at radius 3 is 2.00 bits per heavy atom. The van der Waals surface area contributed by atoms with Crippen molar-refractivity contribution in [2.45, 2.75) is 65.3 Å². The minimum atomic E-state index is -2.77. The Kier molecular flexibility index (Phi) is 13.3. The molecule has 0 spiro atoms. The minimum absolute atomic E-state index is 0.145. The van der Waals surface area contributed by atoms with Crippen LogP contribution in [-0.2, 0) is 22.8 Å². The summed E-state index contributed by atoms with van der Waals surface area (Å²) in [5.74, 6) is -0.395. The highest BCUT2D eigenvalue weighted by Gasteiger charge is 2.48. The molecule has 0 rings (SSSR count). The van der Waals surface area contributed by atoms with Crippen molar-refractivity contribution in [3.8, 4) is 0 Å². The average molecular weight is 347 g/mol. The SMILES string of the molecule is C=CC(=O)OCCC(CCCCC)[Si](OCC)(OCC)OCC. The van der Waals surface area contributed by atoms with Gasteiger partial charge in [0.15, 0.2) is 0 Å². The molecule has 136 valence electrons. The van der Waals surface area contributed by atoms with Crippen LogP contribution in [0.4, 0.5) is 0 Å². The number of carbonyl (C=O) groups excluding carboxylic acids is 1. The van der Waals surface area contributed by atoms with Gasteiger partial charge in [-0.3, -0.25) is 0 Å². The highest BCUT2D eigenvalue weighted by Crippen LogP contribution is 2.34. The number of rotatable bonds is 15. The first kappa shape index (κ1) is 22.3. The van der Waals surface area contributed by atoms with Gasteiger partial charge in [-0.05, 0) is 33.6 Å². The number of carbonyl (C=O) groups is 1. The lowest BCUT2D eigenvalue weighted by Crippen LogP contribution is -2.50. The fourth-order valence-electron chi connectivity index (χ4n) is 2.58. The molecule has 5 nitrogen and oxygen atoms in total. The molecule has 0 heterocycles. The van der Waals surface area contributed by atoms with E-state index in [1.54, 1.807) is 0 Å². The third-order valence-corrected chi connectivity index (χ3v) is 7.22. The normalized spacial score (nSPS) is 12.9. The zero-order valence-corrected chi connectivity index (χ0v) is 16.3. The van der Waals surface area contributed by atoms with Crippen molar-refractivity contribution in [2.24, 2.45) is 0 Å². The van der Waals surface area contributed by atoms with Crippen molar-refractivity contribution in [3.63, 3.8) is 0 Å². The number of hydrogen-bond donors (Lipinski definition) is 0. The summed E-state index contributed by atoms with van der Waals surface area (Å²) in [7, 11) is -2.77. The summed E-state index contributed by atoms with van der Waals surface area (Å²) in [5, 5.41) is 0. The first-order valence-corrected chi connectivity index (χ1v) is 10.6. The lowest BCUT2D eigenvalue weighted by molar-refractivity contribution is -0.138. The summed E-state index contributed by atoms with van der Waals surface area (Å²) in [6.45, 7) is 13.5. The van der Waals surface area contributed by atoms with Crippen molar-refractivity contribution in [3.05, 3.63) is 12.7 Å². The van der Waals surface area contributed by atoms with E-state index < -0.39 is 14.8 Å². The highest BCUT2D eigenvalue weighted by atomic mass is 28.4. The van der Waals surface area contributed by atoms with E-state index in [2.05, 4.69) is 13.5 Å². The molecule has 0 radical (unpaired) electrons. The summed E-state index contributed by atoms with van der Waals surface area (Å²) in [6.07, 6.45) is 6.26. The molecule has 0 aliphatic carbocycles. The Morgan fingerprint density at radius 1 is 1.00 bits per heavy atom. The molecule has 0 amide bonds. The molecule has 0 aliphatic heterocycles. The smallest absolute Gasteiger partial charge is 0.463 e. The predicted octanol–water partition coefficient (Wildman–Crippen LogP) is 4.10. The first-order valence-electron chi connectivity index (χ1n) is 8.81. The van der Waals surface area contributed by atoms with Gasteiger partial charge >= 0.3 is 14.8 Å². The molecule has 0 aliphatic rings. The lowest BCUT2D eigenvalue weighted by atomic mass is 10.1. The van der Waals surface area contributed by atoms with Crippen LogP contribution in [-0.4, -0.2) is 41.2 Å². The number of hydrogen-bond acceptors (Lipinski definition) is 5. The van der Waals surface area contributed by atoms with Crippen LogP contribution in [0.1, 0.15) is 59.8 Å². The van der Waals surface area contributed by atoms with Crippen molar-refractivity contribution in [1.29, 1.82) is 0 Å². The molecular weight excluding hydrogens is 312 g/mol. The van der Waals surface area contributed by atoms with Gasteiger partial charge in [0.2, 0.25) is 0 Å². The molecule has 0 aromatic carbocycles. The second-order valence-corrected chi connectivity index (χ2v) is 8.15. The van der Waals surface area contributed by atoms with Gasteiger partial charge in [-0.2, -0.15) is 0 Å². The van der Waals surface area contributed by atoms with E-state index in [4.69, 9.17) is 18.0 Å². The predicted molar refractivity (Wildman–Crippen MR) is 94.3 cm³/mol. The maximum absolute atomic E-state index is 11.3. The van der Waals surface area contributed by atoms with E-state index in [1.807, 2.05) is 20.8 Å². The summed E-state index contributed by atoms with van der Waals surface area (Å²) >= 11 is 0. The molecule has 0 fully saturated rings. The monoisotopic (exact) mass is 346 g/mol. The van der Waals surface area contributed by atoms with Gasteiger partial charge in [0.05, 0.1) is 6.61 Å². The van der Waals surface area contributed by atoms with Crippen LogP contribution < -0.4 is 0 Å². The third-order valence-electron chi connectivity index (χ3n) is 3.57. The molecule has 0 bridgehead atoms. The van der Waals surface area contributed by atoms with Gasteiger partial charge in [0.25, 0.3) is 0 Å². The van der Waals surface area contributed by atoms with Gasteiger partial charge < -0.3 is 18.0 Å². The van der Waals surface area contributed by atoms with Crippen molar-refractivity contribution < 1.29 is 22.8 Å². The van der Waals surface area contributed by atoms with Crippen LogP contribution in [0, 0.1) is 0 Å². The zero-order valence-electron chi connectivity index (χ0n) is 15.3. The van der Waals surface area contributed by atoms with Crippen molar-refractivity contribution >= 4 is 14.8 Å². The molecule has 0 saturated heterocycles. The molecule has 0 aromatic heterocycles.